The van der Waals surface area contributed by atoms with Crippen molar-refractivity contribution in [2.24, 2.45) is 5.92 Å². The monoisotopic (exact) mass is 260 g/mol. The van der Waals surface area contributed by atoms with Crippen LogP contribution >= 0.6 is 15.9 Å². The first-order chi connectivity index (χ1) is 6.54. The lowest BCUT2D eigenvalue weighted by molar-refractivity contribution is 0.222. The summed E-state index contributed by atoms with van der Waals surface area (Å²) in [4.78, 5) is 11.6. The summed E-state index contributed by atoms with van der Waals surface area (Å²) in [5.74, 6) is 0.0430. The van der Waals surface area contributed by atoms with Crippen LogP contribution in [0.4, 0.5) is 5.69 Å². The highest BCUT2D eigenvalue weighted by atomic mass is 79.9. The third-order valence-corrected chi connectivity index (χ3v) is 2.45. The number of nitrogens with zero attached hydrogens (tertiary/aromatic N) is 1. The molecule has 0 spiro atoms. The molecule has 1 unspecified atom stereocenters. The predicted molar refractivity (Wildman–Crippen MR) is 59.1 cm³/mol. The minimum Gasteiger partial charge on any atom is -0.398 e. The minimum absolute atomic E-state index is 0.0430. The highest BCUT2D eigenvalue weighted by Crippen LogP contribution is 2.09. The second kappa shape index (κ2) is 4.61. The van der Waals surface area contributed by atoms with Crippen LogP contribution in [0.1, 0.15) is 6.92 Å². The fourth-order valence-corrected chi connectivity index (χ4v) is 1.64. The van der Waals surface area contributed by atoms with Gasteiger partial charge in [-0.3, -0.25) is 4.79 Å². The van der Waals surface area contributed by atoms with Gasteiger partial charge < -0.3 is 15.4 Å². The van der Waals surface area contributed by atoms with Crippen molar-refractivity contribution in [3.63, 3.8) is 0 Å². The van der Waals surface area contributed by atoms with Gasteiger partial charge in [0.25, 0.3) is 5.56 Å². The fraction of sp³-hybridized carbons (Fsp3) is 0.444. The fourth-order valence-electron chi connectivity index (χ4n) is 1.15. The molecule has 1 aromatic rings. The van der Waals surface area contributed by atoms with Crippen molar-refractivity contribution in [2.75, 3.05) is 12.3 Å². The van der Waals surface area contributed by atoms with Crippen LogP contribution in [-0.4, -0.2) is 16.3 Å². The van der Waals surface area contributed by atoms with Gasteiger partial charge in [-0.15, -0.1) is 0 Å². The molecule has 0 radical (unpaired) electrons. The summed E-state index contributed by atoms with van der Waals surface area (Å²) in [7, 11) is 0. The number of halogens is 1. The Hall–Kier alpha value is -0.810. The zero-order chi connectivity index (χ0) is 10.7. The molecular formula is C9H13BrN2O2. The summed E-state index contributed by atoms with van der Waals surface area (Å²) in [6.45, 7) is 2.39. The molecule has 0 saturated carbocycles. The first-order valence-corrected chi connectivity index (χ1v) is 5.10. The highest BCUT2D eigenvalue weighted by Gasteiger charge is 2.06. The maximum Gasteiger partial charge on any atom is 0.264 e. The van der Waals surface area contributed by atoms with Crippen LogP contribution in [-0.2, 0) is 6.54 Å². The maximum absolute atomic E-state index is 11.6. The minimum atomic E-state index is -0.125. The number of aromatic nitrogens is 1. The number of rotatable bonds is 3. The van der Waals surface area contributed by atoms with Gasteiger partial charge >= 0.3 is 0 Å². The third-order valence-electron chi connectivity index (χ3n) is 1.88. The predicted octanol–water partition coefficient (Wildman–Crippen LogP) is 0.821. The van der Waals surface area contributed by atoms with Crippen molar-refractivity contribution in [1.82, 2.24) is 4.57 Å². The van der Waals surface area contributed by atoms with Crippen LogP contribution in [0.2, 0.25) is 0 Å². The Balaban J connectivity index is 3.02. The van der Waals surface area contributed by atoms with Gasteiger partial charge in [0.1, 0.15) is 0 Å². The quantitative estimate of drug-likeness (QED) is 0.846. The van der Waals surface area contributed by atoms with Crippen molar-refractivity contribution in [3.05, 3.63) is 27.1 Å². The van der Waals surface area contributed by atoms with Crippen LogP contribution in [0.3, 0.4) is 0 Å². The Morgan fingerprint density at radius 2 is 2.36 bits per heavy atom. The Morgan fingerprint density at radius 1 is 1.71 bits per heavy atom. The van der Waals surface area contributed by atoms with E-state index in [0.29, 0.717) is 16.7 Å². The number of aliphatic hydroxyl groups is 1. The largest absolute Gasteiger partial charge is 0.398 e. The average Bonchev–Trinajstić information content (AvgIpc) is 2.13. The standard InChI is InChI=1S/C9H13BrN2O2/c1-6(5-13)3-12-4-7(11)2-8(10)9(12)14/h2,4,6,13H,3,5,11H2,1H3. The zero-order valence-corrected chi connectivity index (χ0v) is 9.49. The molecular weight excluding hydrogens is 248 g/mol. The first kappa shape index (κ1) is 11.3. The smallest absolute Gasteiger partial charge is 0.264 e. The van der Waals surface area contributed by atoms with E-state index in [4.69, 9.17) is 10.8 Å². The number of hydrogen-bond acceptors (Lipinski definition) is 3. The molecule has 1 atom stereocenters. The lowest BCUT2D eigenvalue weighted by atomic mass is 10.2. The van der Waals surface area contributed by atoms with Crippen LogP contribution in [0, 0.1) is 5.92 Å². The van der Waals surface area contributed by atoms with Gasteiger partial charge in [0.05, 0.1) is 4.47 Å². The lowest BCUT2D eigenvalue weighted by Gasteiger charge is -2.11. The Kier molecular flexibility index (Phi) is 3.71. The molecule has 1 heterocycles. The molecule has 0 saturated heterocycles. The van der Waals surface area contributed by atoms with Gasteiger partial charge in [0, 0.05) is 25.0 Å². The number of nitrogen functional groups attached to an aromatic ring is 1. The SMILES string of the molecule is CC(CO)Cn1cc(N)cc(Br)c1=O. The molecule has 0 aliphatic carbocycles. The van der Waals surface area contributed by atoms with E-state index in [2.05, 4.69) is 15.9 Å². The molecule has 0 amide bonds. The summed E-state index contributed by atoms with van der Waals surface area (Å²) in [5.41, 5.74) is 6.00. The van der Waals surface area contributed by atoms with Crippen LogP contribution < -0.4 is 11.3 Å². The van der Waals surface area contributed by atoms with Gasteiger partial charge in [-0.2, -0.15) is 0 Å². The van der Waals surface area contributed by atoms with Crippen molar-refractivity contribution >= 4 is 21.6 Å². The number of pyridine rings is 1. The third kappa shape index (κ3) is 2.59. The normalized spacial score (nSPS) is 12.8. The van der Waals surface area contributed by atoms with Crippen molar-refractivity contribution in [2.45, 2.75) is 13.5 Å². The summed E-state index contributed by atoms with van der Waals surface area (Å²) < 4.78 is 1.95. The maximum atomic E-state index is 11.6. The van der Waals surface area contributed by atoms with Crippen molar-refractivity contribution in [1.29, 1.82) is 0 Å². The van der Waals surface area contributed by atoms with Gasteiger partial charge in [-0.05, 0) is 27.9 Å². The molecule has 1 aromatic heterocycles. The Bertz CT molecular complexity index is 376. The molecule has 5 heteroatoms. The molecule has 3 N–H and O–H groups in total. The molecule has 0 fully saturated rings. The van der Waals surface area contributed by atoms with Crippen molar-refractivity contribution < 1.29 is 5.11 Å². The molecule has 14 heavy (non-hydrogen) atoms. The van der Waals surface area contributed by atoms with E-state index in [-0.39, 0.29) is 18.1 Å². The molecule has 78 valence electrons. The van der Waals surface area contributed by atoms with E-state index >= 15 is 0 Å². The topological polar surface area (TPSA) is 68.2 Å². The molecule has 0 aliphatic heterocycles. The summed E-state index contributed by atoms with van der Waals surface area (Å²) in [5, 5.41) is 8.87. The van der Waals surface area contributed by atoms with Crippen molar-refractivity contribution in [3.8, 4) is 0 Å². The average molecular weight is 261 g/mol. The van der Waals surface area contributed by atoms with E-state index < -0.39 is 0 Å². The van der Waals surface area contributed by atoms with Crippen LogP contribution in [0.15, 0.2) is 21.5 Å². The summed E-state index contributed by atoms with van der Waals surface area (Å²) in [6, 6.07) is 1.57. The zero-order valence-electron chi connectivity index (χ0n) is 7.90. The lowest BCUT2D eigenvalue weighted by Crippen LogP contribution is -2.24. The molecule has 1 rings (SSSR count). The van der Waals surface area contributed by atoms with E-state index in [1.165, 1.54) is 4.57 Å². The molecule has 0 aromatic carbocycles. The van der Waals surface area contributed by atoms with Gasteiger partial charge in [0.2, 0.25) is 0 Å². The molecule has 4 nitrogen and oxygen atoms in total. The number of aliphatic hydroxyl groups excluding tert-OH is 1. The number of anilines is 1. The van der Waals surface area contributed by atoms with E-state index in [9.17, 15) is 4.79 Å². The molecule has 0 bridgehead atoms. The van der Waals surface area contributed by atoms with Crippen LogP contribution in [0.5, 0.6) is 0 Å². The van der Waals surface area contributed by atoms with E-state index in [1.807, 2.05) is 6.92 Å². The van der Waals surface area contributed by atoms with E-state index in [0.717, 1.165) is 0 Å². The van der Waals surface area contributed by atoms with Gasteiger partial charge in [-0.25, -0.2) is 0 Å². The highest BCUT2D eigenvalue weighted by molar-refractivity contribution is 9.10. The Morgan fingerprint density at radius 3 is 2.93 bits per heavy atom. The molecule has 0 aliphatic rings. The van der Waals surface area contributed by atoms with Crippen LogP contribution in [0.25, 0.3) is 0 Å². The van der Waals surface area contributed by atoms with Gasteiger partial charge in [0.15, 0.2) is 0 Å². The Labute approximate surface area is 90.5 Å². The summed E-state index contributed by atoms with van der Waals surface area (Å²) >= 11 is 3.13. The van der Waals surface area contributed by atoms with E-state index in [1.54, 1.807) is 12.3 Å². The van der Waals surface area contributed by atoms with Gasteiger partial charge in [-0.1, -0.05) is 6.92 Å². The second-order valence-electron chi connectivity index (χ2n) is 3.37. The summed E-state index contributed by atoms with van der Waals surface area (Å²) in [6.07, 6.45) is 1.58. The number of hydrogen-bond donors (Lipinski definition) is 2. The first-order valence-electron chi connectivity index (χ1n) is 4.31. The number of nitrogens with two attached hydrogens (primary N) is 1. The second-order valence-corrected chi connectivity index (χ2v) is 4.22.